The number of hydrogen-bond acceptors (Lipinski definition) is 4. The third-order valence-electron chi connectivity index (χ3n) is 6.58. The molecule has 6 heteroatoms. The number of nitrogens with one attached hydrogen (secondary N) is 1. The molecule has 2 bridgehead atoms. The molecule has 3 aliphatic heterocycles. The van der Waals surface area contributed by atoms with Gasteiger partial charge in [-0.2, -0.15) is 0 Å². The van der Waals surface area contributed by atoms with Gasteiger partial charge in [-0.3, -0.25) is 9.59 Å². The smallest absolute Gasteiger partial charge is 0.234 e. The van der Waals surface area contributed by atoms with Gasteiger partial charge in [-0.1, -0.05) is 44.9 Å². The fraction of sp³-hybridized carbons (Fsp3) is 0.583. The molecule has 4 rings (SSSR count). The third kappa shape index (κ3) is 3.62. The Morgan fingerprint density at radius 2 is 2.13 bits per heavy atom. The van der Waals surface area contributed by atoms with Gasteiger partial charge in [-0.25, -0.2) is 0 Å². The highest BCUT2D eigenvalue weighted by molar-refractivity contribution is 6.03. The number of carbonyl (C=O) groups excluding carboxylic acids is 2. The van der Waals surface area contributed by atoms with Gasteiger partial charge in [-0.05, 0) is 31.4 Å². The first-order chi connectivity index (χ1) is 14.3. The van der Waals surface area contributed by atoms with Crippen molar-refractivity contribution in [3.05, 3.63) is 36.4 Å². The third-order valence-corrected chi connectivity index (χ3v) is 6.58. The van der Waals surface area contributed by atoms with Gasteiger partial charge in [0, 0.05) is 17.8 Å². The summed E-state index contributed by atoms with van der Waals surface area (Å²) in [6.07, 6.45) is 6.78. The van der Waals surface area contributed by atoms with Gasteiger partial charge in [0.05, 0.1) is 31.6 Å². The van der Waals surface area contributed by atoms with E-state index in [1.54, 1.807) is 12.0 Å². The quantitative estimate of drug-likeness (QED) is 0.665. The highest BCUT2D eigenvalue weighted by Crippen LogP contribution is 2.52. The summed E-state index contributed by atoms with van der Waals surface area (Å²) >= 11 is 0. The van der Waals surface area contributed by atoms with Gasteiger partial charge in [0.15, 0.2) is 0 Å². The number of carbonyl (C=O) groups is 2. The molecule has 2 saturated heterocycles. The van der Waals surface area contributed by atoms with Crippen molar-refractivity contribution >= 4 is 17.5 Å². The molecule has 0 radical (unpaired) electrons. The average Bonchev–Trinajstić information content (AvgIpc) is 3.36. The molecule has 0 aliphatic carbocycles. The van der Waals surface area contributed by atoms with E-state index in [0.717, 1.165) is 24.9 Å². The Balaban J connectivity index is 1.48. The Kier molecular flexibility index (Phi) is 5.62. The lowest BCUT2D eigenvalue weighted by Crippen LogP contribution is -2.46. The Morgan fingerprint density at radius 1 is 1.33 bits per heavy atom. The van der Waals surface area contributed by atoms with Crippen LogP contribution in [0.5, 0.6) is 5.75 Å². The van der Waals surface area contributed by atoms with Crippen LogP contribution in [-0.4, -0.2) is 43.2 Å². The average molecular weight is 413 g/mol. The number of hydrogen-bond donors (Lipinski definition) is 1. The molecule has 1 N–H and O–H groups in total. The van der Waals surface area contributed by atoms with Crippen LogP contribution in [0.15, 0.2) is 36.4 Å². The van der Waals surface area contributed by atoms with Gasteiger partial charge in [0.25, 0.3) is 0 Å². The molecule has 0 unspecified atom stereocenters. The van der Waals surface area contributed by atoms with Crippen LogP contribution in [0.3, 0.4) is 0 Å². The molecular formula is C24H32N2O4. The molecule has 0 saturated carbocycles. The van der Waals surface area contributed by atoms with E-state index in [-0.39, 0.29) is 24.0 Å². The zero-order chi connectivity index (χ0) is 21.5. The van der Waals surface area contributed by atoms with Crippen molar-refractivity contribution in [1.82, 2.24) is 5.32 Å². The van der Waals surface area contributed by atoms with Crippen molar-refractivity contribution in [3.8, 4) is 5.75 Å². The molecule has 0 aromatic heterocycles. The first-order valence-corrected chi connectivity index (χ1v) is 11.0. The van der Waals surface area contributed by atoms with E-state index in [2.05, 4.69) is 19.2 Å². The molecule has 2 amide bonds. The zero-order valence-corrected chi connectivity index (χ0v) is 18.3. The Hall–Kier alpha value is -2.34. The Morgan fingerprint density at radius 3 is 2.87 bits per heavy atom. The number of amides is 2. The molecule has 5 atom stereocenters. The largest absolute Gasteiger partial charge is 0.497 e. The summed E-state index contributed by atoms with van der Waals surface area (Å²) in [5, 5.41) is 3.14. The van der Waals surface area contributed by atoms with Crippen LogP contribution >= 0.6 is 0 Å². The van der Waals surface area contributed by atoms with E-state index in [4.69, 9.17) is 9.47 Å². The first kappa shape index (κ1) is 20.9. The highest BCUT2D eigenvalue weighted by atomic mass is 16.5. The lowest BCUT2D eigenvalue weighted by molar-refractivity contribution is -0.132. The van der Waals surface area contributed by atoms with Crippen molar-refractivity contribution in [1.29, 1.82) is 0 Å². The Bertz CT molecular complexity index is 851. The molecule has 6 nitrogen and oxygen atoms in total. The SMILES string of the molecule is COc1cccc(N2C[C@]34C=C[C@@H](O3)[C@@H](C(=O)N[C@H](C)CCCC(C)C)[C@@H]4C2=O)c1. The van der Waals surface area contributed by atoms with Crippen LogP contribution in [0.2, 0.25) is 0 Å². The van der Waals surface area contributed by atoms with Crippen LogP contribution in [0.4, 0.5) is 5.69 Å². The maximum atomic E-state index is 13.4. The number of methoxy groups -OCH3 is 1. The van der Waals surface area contributed by atoms with Crippen LogP contribution in [0.25, 0.3) is 0 Å². The van der Waals surface area contributed by atoms with E-state index in [1.807, 2.05) is 43.3 Å². The van der Waals surface area contributed by atoms with Crippen molar-refractivity contribution in [2.24, 2.45) is 17.8 Å². The Labute approximate surface area is 178 Å². The topological polar surface area (TPSA) is 67.9 Å². The minimum Gasteiger partial charge on any atom is -0.497 e. The molecule has 1 aromatic rings. The van der Waals surface area contributed by atoms with E-state index in [9.17, 15) is 9.59 Å². The van der Waals surface area contributed by atoms with Crippen LogP contribution in [0, 0.1) is 17.8 Å². The summed E-state index contributed by atoms with van der Waals surface area (Å²) in [6, 6.07) is 7.53. The van der Waals surface area contributed by atoms with Crippen LogP contribution in [0.1, 0.15) is 40.0 Å². The van der Waals surface area contributed by atoms with Crippen molar-refractivity contribution in [2.45, 2.75) is 57.8 Å². The monoisotopic (exact) mass is 412 g/mol. The number of benzene rings is 1. The maximum absolute atomic E-state index is 13.4. The molecule has 3 aliphatic rings. The number of nitrogens with zero attached hydrogens (tertiary/aromatic N) is 1. The number of ether oxygens (including phenoxy) is 2. The fourth-order valence-corrected chi connectivity index (χ4v) is 5.04. The summed E-state index contributed by atoms with van der Waals surface area (Å²) < 4.78 is 11.5. The molecule has 1 aromatic carbocycles. The minimum absolute atomic E-state index is 0.0530. The molecule has 30 heavy (non-hydrogen) atoms. The maximum Gasteiger partial charge on any atom is 0.234 e. The second-order valence-corrected chi connectivity index (χ2v) is 9.26. The number of fused-ring (bicyclic) bond motifs is 1. The summed E-state index contributed by atoms with van der Waals surface area (Å²) in [4.78, 5) is 28.3. The normalized spacial score (nSPS) is 30.1. The second-order valence-electron chi connectivity index (χ2n) is 9.26. The van der Waals surface area contributed by atoms with E-state index in [1.165, 1.54) is 0 Å². The predicted octanol–water partition coefficient (Wildman–Crippen LogP) is 3.31. The van der Waals surface area contributed by atoms with Crippen molar-refractivity contribution in [2.75, 3.05) is 18.6 Å². The highest BCUT2D eigenvalue weighted by Gasteiger charge is 2.67. The summed E-state index contributed by atoms with van der Waals surface area (Å²) in [6.45, 7) is 6.88. The van der Waals surface area contributed by atoms with Gasteiger partial charge in [0.1, 0.15) is 11.4 Å². The summed E-state index contributed by atoms with van der Waals surface area (Å²) in [7, 11) is 1.61. The van der Waals surface area contributed by atoms with Gasteiger partial charge < -0.3 is 19.7 Å². The van der Waals surface area contributed by atoms with Gasteiger partial charge >= 0.3 is 0 Å². The molecular weight excluding hydrogens is 380 g/mol. The lowest BCUT2D eigenvalue weighted by Gasteiger charge is -2.25. The number of rotatable bonds is 8. The zero-order valence-electron chi connectivity index (χ0n) is 18.3. The first-order valence-electron chi connectivity index (χ1n) is 11.0. The van der Waals surface area contributed by atoms with Crippen molar-refractivity contribution < 1.29 is 19.1 Å². The minimum atomic E-state index is -0.715. The summed E-state index contributed by atoms with van der Waals surface area (Å²) in [5.74, 6) is 0.264. The van der Waals surface area contributed by atoms with Crippen molar-refractivity contribution in [3.63, 3.8) is 0 Å². The second kappa shape index (κ2) is 8.06. The fourth-order valence-electron chi connectivity index (χ4n) is 5.04. The number of anilines is 1. The standard InChI is InChI=1S/C24H32N2O4/c1-15(2)7-5-8-16(3)25-22(27)20-19-11-12-24(30-19)14-26(23(28)21(20)24)17-9-6-10-18(13-17)29-4/h6,9-13,15-16,19-21H,5,7-8,14H2,1-4H3,(H,25,27)/t16-,19-,20-,21-,24+/m1/s1. The van der Waals surface area contributed by atoms with E-state index < -0.39 is 17.4 Å². The lowest BCUT2D eigenvalue weighted by atomic mass is 9.76. The molecule has 2 fully saturated rings. The van der Waals surface area contributed by atoms with Gasteiger partial charge in [0.2, 0.25) is 11.8 Å². The molecule has 162 valence electrons. The van der Waals surface area contributed by atoms with E-state index >= 15 is 0 Å². The van der Waals surface area contributed by atoms with Gasteiger partial charge in [-0.15, -0.1) is 0 Å². The summed E-state index contributed by atoms with van der Waals surface area (Å²) in [5.41, 5.74) is 0.0538. The van der Waals surface area contributed by atoms with Crippen LogP contribution in [-0.2, 0) is 14.3 Å². The predicted molar refractivity (Wildman–Crippen MR) is 115 cm³/mol. The molecule has 3 heterocycles. The van der Waals surface area contributed by atoms with Crippen LogP contribution < -0.4 is 15.0 Å². The van der Waals surface area contributed by atoms with E-state index in [0.29, 0.717) is 18.2 Å². The molecule has 1 spiro atoms.